The minimum absolute atomic E-state index is 1.23. The molecule has 1 aromatic rings. The third-order valence-electron chi connectivity index (χ3n) is 5.18. The molecule has 0 spiro atoms. The SMILES string of the molecule is CCCCCCCCC[N+](CCCCCCCCC)c1ccccc1. The number of anilines is 1. The quantitative estimate of drug-likeness (QED) is 0.199. The summed E-state index contributed by atoms with van der Waals surface area (Å²) < 4.78 is 0. The average molecular weight is 346 g/mol. The van der Waals surface area contributed by atoms with Crippen molar-refractivity contribution in [3.8, 4) is 0 Å². The molecule has 0 saturated carbocycles. The molecule has 1 nitrogen and oxygen atoms in total. The van der Waals surface area contributed by atoms with Crippen LogP contribution < -0.4 is 4.90 Å². The average Bonchev–Trinajstić information content (AvgIpc) is 2.65. The van der Waals surface area contributed by atoms with E-state index in [1.807, 2.05) is 0 Å². The summed E-state index contributed by atoms with van der Waals surface area (Å²) in [4.78, 5) is 2.62. The van der Waals surface area contributed by atoms with Crippen LogP contribution in [0.2, 0.25) is 0 Å². The second kappa shape index (κ2) is 16.6. The zero-order chi connectivity index (χ0) is 18.0. The lowest BCUT2D eigenvalue weighted by Gasteiger charge is -2.12. The molecular weight excluding hydrogens is 302 g/mol. The number of benzene rings is 1. The first-order valence-corrected chi connectivity index (χ1v) is 11.2. The van der Waals surface area contributed by atoms with Gasteiger partial charge in [-0.05, 0) is 12.8 Å². The fraction of sp³-hybridized carbons (Fsp3) is 0.750. The highest BCUT2D eigenvalue weighted by Gasteiger charge is 2.17. The Kier molecular flexibility index (Phi) is 14.8. The van der Waals surface area contributed by atoms with E-state index in [1.165, 1.54) is 109 Å². The van der Waals surface area contributed by atoms with E-state index in [9.17, 15) is 0 Å². The fourth-order valence-corrected chi connectivity index (χ4v) is 3.53. The number of unbranched alkanes of at least 4 members (excludes halogenated alkanes) is 12. The number of rotatable bonds is 17. The van der Waals surface area contributed by atoms with Gasteiger partial charge >= 0.3 is 0 Å². The van der Waals surface area contributed by atoms with Crippen LogP contribution in [0.25, 0.3) is 0 Å². The maximum Gasteiger partial charge on any atom is 0.180 e. The van der Waals surface area contributed by atoms with Gasteiger partial charge in [-0.25, -0.2) is 0 Å². The zero-order valence-electron chi connectivity index (χ0n) is 17.1. The van der Waals surface area contributed by atoms with Crippen molar-refractivity contribution < 1.29 is 0 Å². The van der Waals surface area contributed by atoms with Crippen LogP contribution >= 0.6 is 0 Å². The zero-order valence-corrected chi connectivity index (χ0v) is 17.1. The Morgan fingerprint density at radius 3 is 1.36 bits per heavy atom. The molecule has 0 aliphatic carbocycles. The van der Waals surface area contributed by atoms with Crippen molar-refractivity contribution in [3.63, 3.8) is 0 Å². The lowest BCUT2D eigenvalue weighted by atomic mass is 10.1. The molecule has 143 valence electrons. The molecule has 0 unspecified atom stereocenters. The topological polar surface area (TPSA) is 5.90 Å². The molecule has 0 aliphatic rings. The summed E-state index contributed by atoms with van der Waals surface area (Å²) in [6.07, 6.45) is 19.5. The van der Waals surface area contributed by atoms with E-state index >= 15 is 0 Å². The predicted octanol–water partition coefficient (Wildman–Crippen LogP) is 7.96. The van der Waals surface area contributed by atoms with Gasteiger partial charge in [-0.1, -0.05) is 96.3 Å². The fourth-order valence-electron chi connectivity index (χ4n) is 3.53. The molecule has 0 saturated heterocycles. The normalized spacial score (nSPS) is 11.3. The molecule has 1 aromatic carbocycles. The van der Waals surface area contributed by atoms with Gasteiger partial charge in [0.05, 0.1) is 0 Å². The summed E-state index contributed by atoms with van der Waals surface area (Å²) >= 11 is 0. The summed E-state index contributed by atoms with van der Waals surface area (Å²) in [7, 11) is 0. The first-order valence-electron chi connectivity index (χ1n) is 11.2. The van der Waals surface area contributed by atoms with Gasteiger partial charge in [0.1, 0.15) is 13.1 Å². The molecule has 0 aliphatic heterocycles. The van der Waals surface area contributed by atoms with E-state index in [-0.39, 0.29) is 0 Å². The van der Waals surface area contributed by atoms with Crippen molar-refractivity contribution in [1.29, 1.82) is 0 Å². The molecule has 1 heteroatoms. The summed E-state index contributed by atoms with van der Waals surface area (Å²) in [5.74, 6) is 0. The van der Waals surface area contributed by atoms with Crippen LogP contribution in [0, 0.1) is 0 Å². The second-order valence-corrected chi connectivity index (χ2v) is 7.57. The maximum atomic E-state index is 2.62. The molecule has 0 fully saturated rings. The van der Waals surface area contributed by atoms with Gasteiger partial charge in [0.2, 0.25) is 0 Å². The standard InChI is InChI=1S/C24H43N/c1-3-5-7-9-11-13-18-22-25(24-20-16-15-17-21-24)23-19-14-12-10-8-6-4-2/h15-17,20-21H,3-14,18-19,22-23H2,1-2H3/q+1. The van der Waals surface area contributed by atoms with Crippen LogP contribution in [-0.4, -0.2) is 13.1 Å². The molecule has 0 N–H and O–H groups in total. The minimum Gasteiger partial charge on any atom is -0.134 e. The van der Waals surface area contributed by atoms with E-state index in [4.69, 9.17) is 0 Å². The van der Waals surface area contributed by atoms with Gasteiger partial charge < -0.3 is 0 Å². The Hall–Kier alpha value is -0.820. The molecule has 1 radical (unpaired) electrons. The molecule has 0 bridgehead atoms. The molecule has 0 amide bonds. The lowest BCUT2D eigenvalue weighted by Crippen LogP contribution is -2.27. The van der Waals surface area contributed by atoms with Gasteiger partial charge in [0.15, 0.2) is 5.69 Å². The highest BCUT2D eigenvalue weighted by molar-refractivity contribution is 5.37. The van der Waals surface area contributed by atoms with Gasteiger partial charge in [0.25, 0.3) is 0 Å². The van der Waals surface area contributed by atoms with Crippen LogP contribution in [0.3, 0.4) is 0 Å². The highest BCUT2D eigenvalue weighted by Crippen LogP contribution is 2.16. The smallest absolute Gasteiger partial charge is 0.134 e. The summed E-state index contributed by atoms with van der Waals surface area (Å²) in [6, 6.07) is 11.0. The molecule has 0 atom stereocenters. The van der Waals surface area contributed by atoms with Crippen molar-refractivity contribution in [2.24, 2.45) is 0 Å². The second-order valence-electron chi connectivity index (χ2n) is 7.57. The molecule has 0 heterocycles. The van der Waals surface area contributed by atoms with Crippen molar-refractivity contribution in [1.82, 2.24) is 4.90 Å². The Morgan fingerprint density at radius 1 is 0.520 bits per heavy atom. The Bertz CT molecular complexity index is 355. The molecule has 0 aromatic heterocycles. The predicted molar refractivity (Wildman–Crippen MR) is 114 cm³/mol. The van der Waals surface area contributed by atoms with Gasteiger partial charge in [-0.2, -0.15) is 0 Å². The first kappa shape index (κ1) is 22.2. The van der Waals surface area contributed by atoms with E-state index in [0.717, 1.165) is 0 Å². The molecular formula is C24H43N+. The van der Waals surface area contributed by atoms with E-state index in [0.29, 0.717) is 0 Å². The van der Waals surface area contributed by atoms with E-state index in [2.05, 4.69) is 49.1 Å². The van der Waals surface area contributed by atoms with Crippen molar-refractivity contribution >= 4 is 5.69 Å². The van der Waals surface area contributed by atoms with Crippen molar-refractivity contribution in [3.05, 3.63) is 30.3 Å². The monoisotopic (exact) mass is 345 g/mol. The van der Waals surface area contributed by atoms with E-state index in [1.54, 1.807) is 0 Å². The van der Waals surface area contributed by atoms with Gasteiger partial charge in [-0.15, -0.1) is 4.90 Å². The highest BCUT2D eigenvalue weighted by atomic mass is 15.1. The molecule has 1 rings (SSSR count). The number of nitrogens with zero attached hydrogens (tertiary/aromatic N) is 1. The van der Waals surface area contributed by atoms with Gasteiger partial charge in [0, 0.05) is 25.0 Å². The lowest BCUT2D eigenvalue weighted by molar-refractivity contribution is 0.464. The number of hydrogen-bond donors (Lipinski definition) is 0. The van der Waals surface area contributed by atoms with E-state index < -0.39 is 0 Å². The Balaban J connectivity index is 2.21. The summed E-state index contributed by atoms with van der Waals surface area (Å²) in [6.45, 7) is 7.05. The van der Waals surface area contributed by atoms with Crippen LogP contribution in [0.1, 0.15) is 104 Å². The van der Waals surface area contributed by atoms with Crippen LogP contribution in [0.15, 0.2) is 30.3 Å². The summed E-state index contributed by atoms with van der Waals surface area (Å²) in [5.41, 5.74) is 1.42. The molecule has 25 heavy (non-hydrogen) atoms. The van der Waals surface area contributed by atoms with Crippen LogP contribution in [-0.2, 0) is 0 Å². The van der Waals surface area contributed by atoms with Crippen LogP contribution in [0.4, 0.5) is 5.69 Å². The third kappa shape index (κ3) is 12.2. The van der Waals surface area contributed by atoms with Gasteiger partial charge in [-0.3, -0.25) is 0 Å². The number of hydrogen-bond acceptors (Lipinski definition) is 1. The first-order chi connectivity index (χ1) is 12.4. The maximum absolute atomic E-state index is 2.62. The Morgan fingerprint density at radius 2 is 0.920 bits per heavy atom. The largest absolute Gasteiger partial charge is 0.180 e. The number of para-hydroxylation sites is 1. The van der Waals surface area contributed by atoms with Crippen LogP contribution in [0.5, 0.6) is 0 Å². The van der Waals surface area contributed by atoms with Crippen molar-refractivity contribution in [2.75, 3.05) is 13.1 Å². The van der Waals surface area contributed by atoms with Crippen molar-refractivity contribution in [2.45, 2.75) is 104 Å². The minimum atomic E-state index is 1.23. The summed E-state index contributed by atoms with van der Waals surface area (Å²) in [5, 5.41) is 0. The Labute approximate surface area is 158 Å². The third-order valence-corrected chi connectivity index (χ3v) is 5.18.